The number of ether oxygens (including phenoxy) is 7. The second-order valence-electron chi connectivity index (χ2n) is 17.9. The number of amides is 3. The molecule has 5 atom stereocenters. The maximum absolute atomic E-state index is 12.8. The first-order valence-electron chi connectivity index (χ1n) is 22.6. The van der Waals surface area contributed by atoms with Gasteiger partial charge in [0.15, 0.2) is 5.78 Å². The first-order chi connectivity index (χ1) is 34.4. The second-order valence-corrected chi connectivity index (χ2v) is 20.5. The number of aliphatic carboxylic acids is 1. The summed E-state index contributed by atoms with van der Waals surface area (Å²) in [6.45, 7) is 9.46. The highest BCUT2D eigenvalue weighted by molar-refractivity contribution is 8.00. The van der Waals surface area contributed by atoms with Gasteiger partial charge in [-0.15, -0.1) is 27.5 Å². The first-order valence-corrected chi connectivity index (χ1v) is 25.3. The minimum Gasteiger partial charge on any atom is -0.496 e. The molecule has 3 aromatic heterocycles. The monoisotopic (exact) mass is 1060 g/mol. The van der Waals surface area contributed by atoms with Gasteiger partial charge in [-0.3, -0.25) is 19.3 Å². The normalized spacial score (nSPS) is 21.9. The minimum absolute atomic E-state index is 0.0257. The van der Waals surface area contributed by atoms with Crippen molar-refractivity contribution in [3.8, 4) is 17.4 Å². The van der Waals surface area contributed by atoms with Crippen LogP contribution in [0.4, 0.5) is 10.6 Å². The number of benzene rings is 1. The fourth-order valence-corrected chi connectivity index (χ4v) is 11.3. The molecule has 26 heteroatoms. The smallest absolute Gasteiger partial charge is 0.404 e. The third-order valence-corrected chi connectivity index (χ3v) is 14.8. The molecule has 6 aliphatic rings. The molecule has 3 amide bonds. The summed E-state index contributed by atoms with van der Waals surface area (Å²) in [6.07, 6.45) is 2.31. The molecule has 5 aliphatic heterocycles. The van der Waals surface area contributed by atoms with Crippen molar-refractivity contribution in [2.24, 2.45) is 5.73 Å². The Morgan fingerprint density at radius 3 is 2.57 bits per heavy atom. The van der Waals surface area contributed by atoms with Crippen LogP contribution in [-0.2, 0) is 46.2 Å². The first kappa shape index (κ1) is 52.0. The fourth-order valence-electron chi connectivity index (χ4n) is 8.65. The average Bonchev–Trinajstić information content (AvgIpc) is 4.22. The summed E-state index contributed by atoms with van der Waals surface area (Å²) in [6, 6.07) is 5.38. The number of carboxylic acid groups (broad SMARTS) is 1. The zero-order valence-corrected chi connectivity index (χ0v) is 42.2. The SMILES string of the molecule is CC(C)(C)NC[C@H](O)COc1nsnc1N1CCOCC1.CO[C@@]1(NC(=O)Cc2cccs2)C(=O)N2C(C(=O)O)=C(COC(N)=O)CS[C@@H]21.COc1cc2c(c3oc(=O)c4c(c13)CCC4=O)C1C=COC1O2. The van der Waals surface area contributed by atoms with Gasteiger partial charge in [-0.05, 0) is 50.3 Å². The van der Waals surface area contributed by atoms with Crippen LogP contribution >= 0.6 is 34.8 Å². The zero-order valence-electron chi connectivity index (χ0n) is 39.8. The number of aliphatic hydroxyl groups is 1. The number of Topliss-reactive ketones (excluding diaryl/α,β-unsaturated/α-hetero) is 1. The number of anilines is 1. The van der Waals surface area contributed by atoms with Crippen LogP contribution in [0.15, 0.2) is 56.4 Å². The van der Waals surface area contributed by atoms with E-state index in [9.17, 15) is 39.0 Å². The number of carbonyl (C=O) groups is 5. The highest BCUT2D eigenvalue weighted by atomic mass is 32.2. The summed E-state index contributed by atoms with van der Waals surface area (Å²) in [7, 11) is 2.82. The molecule has 72 heavy (non-hydrogen) atoms. The number of ketones is 1. The Morgan fingerprint density at radius 2 is 1.89 bits per heavy atom. The van der Waals surface area contributed by atoms with Crippen LogP contribution in [0.3, 0.4) is 0 Å². The number of rotatable bonds is 14. The number of aryl methyl sites for hydroxylation is 1. The van der Waals surface area contributed by atoms with Gasteiger partial charge in [-0.2, -0.15) is 4.37 Å². The van der Waals surface area contributed by atoms with Gasteiger partial charge in [0.25, 0.3) is 23.8 Å². The highest BCUT2D eigenvalue weighted by Crippen LogP contribution is 2.50. The zero-order chi connectivity index (χ0) is 51.5. The number of aliphatic hydroxyl groups excluding tert-OH is 1. The maximum atomic E-state index is 12.8. The van der Waals surface area contributed by atoms with Crippen LogP contribution in [0.2, 0.25) is 0 Å². The Kier molecular flexibility index (Phi) is 15.8. The number of carbonyl (C=O) groups excluding carboxylic acids is 4. The number of thiophene rings is 1. The van der Waals surface area contributed by atoms with E-state index in [2.05, 4.69) is 49.8 Å². The van der Waals surface area contributed by atoms with Crippen LogP contribution in [-0.4, -0.2) is 149 Å². The molecule has 2 saturated heterocycles. The summed E-state index contributed by atoms with van der Waals surface area (Å²) < 4.78 is 51.6. The molecule has 23 nitrogen and oxygen atoms in total. The van der Waals surface area contributed by atoms with E-state index in [4.69, 9.17) is 38.6 Å². The molecular weight excluding hydrogens is 1000 g/mol. The summed E-state index contributed by atoms with van der Waals surface area (Å²) >= 11 is 3.73. The number of methoxy groups -OCH3 is 2. The third kappa shape index (κ3) is 10.7. The Bertz CT molecular complexity index is 2840. The number of nitrogens with zero attached hydrogens (tertiary/aromatic N) is 4. The minimum atomic E-state index is -1.66. The number of nitrogens with one attached hydrogen (secondary N) is 2. The standard InChI is InChI=1S/C17H12O6.C16H17N3O7S2.C13H24N4O3S/c1-20-10-6-11-14(8-4-5-21-17(8)22-11)15-13(10)7-2-3-9(18)12(7)16(19)23-15;1-25-16(18-10(20)5-9-3-2-4-27-9)13(23)19-11(12(21)22)8(6-26-15(17)24)7-28-14(16)19;1-13(2,3)14-8-10(18)9-20-12-11(15-21-16-12)17-4-6-19-7-5-17/h4-6,8,17H,2-3H2,1H3;2-4,14H,5-7H2,1H3,(H2,17,24)(H,18,20)(H,21,22);10,14,18H,4-9H2,1-3H3/t;14-,16+;10-/m.10/s1. The van der Waals surface area contributed by atoms with Gasteiger partial charge in [0.2, 0.25) is 11.7 Å². The van der Waals surface area contributed by atoms with Gasteiger partial charge >= 0.3 is 17.7 Å². The summed E-state index contributed by atoms with van der Waals surface area (Å²) in [5.74, 6) is -0.240. The summed E-state index contributed by atoms with van der Waals surface area (Å²) in [5.41, 5.74) is 4.67. The van der Waals surface area contributed by atoms with E-state index in [-0.39, 0.29) is 59.5 Å². The Labute approximate surface area is 423 Å². The van der Waals surface area contributed by atoms with E-state index in [1.807, 2.05) is 17.5 Å². The van der Waals surface area contributed by atoms with Gasteiger partial charge in [0.05, 0.1) is 61.6 Å². The number of fused-ring (bicyclic) bond motifs is 8. The maximum Gasteiger partial charge on any atom is 0.404 e. The van der Waals surface area contributed by atoms with E-state index < -0.39 is 53.0 Å². The quantitative estimate of drug-likeness (QED) is 0.0689. The number of nitrogens with two attached hydrogens (primary N) is 1. The molecule has 0 saturated carbocycles. The van der Waals surface area contributed by atoms with Crippen molar-refractivity contribution in [2.75, 3.05) is 70.9 Å². The Morgan fingerprint density at radius 1 is 1.11 bits per heavy atom. The number of β-amino-alcohol motifs (C(OH)–C–C–N with tert-alkyl or cyclic N) is 1. The van der Waals surface area contributed by atoms with E-state index in [0.29, 0.717) is 66.5 Å². The van der Waals surface area contributed by atoms with Crippen LogP contribution in [0, 0.1) is 0 Å². The summed E-state index contributed by atoms with van der Waals surface area (Å²) in [5, 5.41) is 27.1. The van der Waals surface area contributed by atoms with Crippen molar-refractivity contribution < 1.29 is 71.8 Å². The van der Waals surface area contributed by atoms with Gasteiger partial charge in [-0.1, -0.05) is 6.07 Å². The second kappa shape index (κ2) is 21.8. The number of thioether (sulfide) groups is 1. The van der Waals surface area contributed by atoms with Crippen molar-refractivity contribution in [1.82, 2.24) is 24.3 Å². The molecule has 0 bridgehead atoms. The predicted octanol–water partition coefficient (Wildman–Crippen LogP) is 2.88. The summed E-state index contributed by atoms with van der Waals surface area (Å²) in [4.78, 5) is 76.0. The van der Waals surface area contributed by atoms with Crippen molar-refractivity contribution in [2.45, 2.75) is 75.0 Å². The van der Waals surface area contributed by atoms with Gasteiger partial charge < -0.3 is 69.1 Å². The lowest BCUT2D eigenvalue weighted by molar-refractivity contribution is -0.192. The number of hydrogen-bond acceptors (Lipinski definition) is 22. The Balaban J connectivity index is 0.000000146. The number of hydrogen-bond donors (Lipinski definition) is 5. The number of aromatic nitrogens is 2. The van der Waals surface area contributed by atoms with Crippen molar-refractivity contribution in [3.05, 3.63) is 79.2 Å². The molecule has 4 aromatic rings. The van der Waals surface area contributed by atoms with Crippen LogP contribution in [0.25, 0.3) is 11.0 Å². The van der Waals surface area contributed by atoms with Crippen molar-refractivity contribution >= 4 is 81.3 Å². The largest absolute Gasteiger partial charge is 0.496 e. The average molecular weight is 1060 g/mol. The number of β-lactam (4-membered cyclic amide) rings is 1. The molecule has 10 rings (SSSR count). The van der Waals surface area contributed by atoms with Gasteiger partial charge in [0.1, 0.15) is 53.0 Å². The molecule has 1 aliphatic carbocycles. The Hall–Kier alpha value is -6.29. The topological polar surface area (TPSA) is 303 Å². The predicted molar refractivity (Wildman–Crippen MR) is 260 cm³/mol. The van der Waals surface area contributed by atoms with Gasteiger partial charge in [-0.25, -0.2) is 14.4 Å². The molecule has 2 fully saturated rings. The molecule has 0 spiro atoms. The number of primary amides is 1. The lowest BCUT2D eigenvalue weighted by Crippen LogP contribution is -2.80. The van der Waals surface area contributed by atoms with Gasteiger partial charge in [0, 0.05) is 61.0 Å². The van der Waals surface area contributed by atoms with Crippen LogP contribution in [0.5, 0.6) is 17.4 Å². The fraction of sp³-hybridized carbons (Fsp3) is 0.478. The molecule has 8 heterocycles. The van der Waals surface area contributed by atoms with Crippen molar-refractivity contribution in [1.29, 1.82) is 0 Å². The van der Waals surface area contributed by atoms with E-state index >= 15 is 0 Å². The van der Waals surface area contributed by atoms with Crippen LogP contribution in [0.1, 0.15) is 59.5 Å². The third-order valence-electron chi connectivity index (χ3n) is 12.0. The number of carboxylic acids is 1. The molecule has 0 radical (unpaired) electrons. The lowest BCUT2D eigenvalue weighted by atomic mass is 9.95. The molecule has 1 aromatic carbocycles. The molecule has 2 unspecified atom stereocenters. The van der Waals surface area contributed by atoms with E-state index in [0.717, 1.165) is 46.0 Å². The van der Waals surface area contributed by atoms with E-state index in [1.165, 1.54) is 30.2 Å². The molecular formula is C46H53N7O16S3. The molecule has 386 valence electrons. The van der Waals surface area contributed by atoms with E-state index in [1.54, 1.807) is 25.5 Å². The highest BCUT2D eigenvalue weighted by Gasteiger charge is 2.66. The number of morpholine rings is 1. The lowest BCUT2D eigenvalue weighted by Gasteiger charge is -2.55. The molecule has 6 N–H and O–H groups in total. The van der Waals surface area contributed by atoms with Crippen molar-refractivity contribution in [3.63, 3.8) is 0 Å². The van der Waals surface area contributed by atoms with Crippen LogP contribution < -0.4 is 41.1 Å².